The van der Waals surface area contributed by atoms with Crippen LogP contribution >= 0.6 is 0 Å². The summed E-state index contributed by atoms with van der Waals surface area (Å²) in [7, 11) is 1.26. The molecular weight excluding hydrogens is 414 g/mol. The number of aromatic nitrogens is 2. The molecule has 1 fully saturated rings. The fourth-order valence-electron chi connectivity index (χ4n) is 4.02. The van der Waals surface area contributed by atoms with E-state index in [1.165, 1.54) is 12.0 Å². The Kier molecular flexibility index (Phi) is 5.17. The van der Waals surface area contributed by atoms with Gasteiger partial charge < -0.3 is 19.4 Å². The van der Waals surface area contributed by atoms with Crippen molar-refractivity contribution in [1.82, 2.24) is 10.1 Å². The number of carbonyl (C=O) groups is 3. The van der Waals surface area contributed by atoms with Gasteiger partial charge in [-0.15, -0.1) is 0 Å². The highest BCUT2D eigenvalue weighted by Gasteiger charge is 2.48. The summed E-state index contributed by atoms with van der Waals surface area (Å²) in [5, 5.41) is 15.1. The number of aromatic amines is 1. The number of rotatable bonds is 4. The molecule has 1 aliphatic heterocycles. The van der Waals surface area contributed by atoms with Crippen LogP contribution in [0.25, 0.3) is 5.76 Å². The Balaban J connectivity index is 1.96. The number of Topliss-reactive ketones (excluding diaryl/α,β-unsaturated/α-hetero) is 1. The number of anilines is 1. The molecule has 3 aromatic rings. The number of aliphatic hydroxyl groups excluding tert-OH is 1. The maximum absolute atomic E-state index is 13.1. The quantitative estimate of drug-likeness (QED) is 0.279. The van der Waals surface area contributed by atoms with Crippen molar-refractivity contribution in [2.75, 3.05) is 12.0 Å². The predicted molar refractivity (Wildman–Crippen MR) is 114 cm³/mol. The first-order chi connectivity index (χ1) is 15.3. The lowest BCUT2D eigenvalue weighted by Gasteiger charge is -2.22. The molecule has 1 saturated heterocycles. The molecule has 1 amide bonds. The molecule has 0 saturated carbocycles. The van der Waals surface area contributed by atoms with Gasteiger partial charge >= 0.3 is 11.9 Å². The average Bonchev–Trinajstić information content (AvgIpc) is 3.42. The zero-order chi connectivity index (χ0) is 23.2. The molecule has 9 heteroatoms. The van der Waals surface area contributed by atoms with Gasteiger partial charge in [-0.25, -0.2) is 4.79 Å². The number of benzene rings is 1. The van der Waals surface area contributed by atoms with Crippen LogP contribution in [0.15, 0.2) is 46.5 Å². The van der Waals surface area contributed by atoms with Crippen LogP contribution in [-0.4, -0.2) is 40.0 Å². The van der Waals surface area contributed by atoms with E-state index < -0.39 is 29.5 Å². The smallest absolute Gasteiger partial charge is 0.339 e. The lowest BCUT2D eigenvalue weighted by molar-refractivity contribution is -0.132. The number of hydrogen-bond donors (Lipinski definition) is 2. The van der Waals surface area contributed by atoms with E-state index in [4.69, 9.17) is 9.26 Å². The molecule has 3 heterocycles. The molecule has 0 spiro atoms. The average molecular weight is 435 g/mol. The van der Waals surface area contributed by atoms with Crippen molar-refractivity contribution in [3.8, 4) is 0 Å². The van der Waals surface area contributed by atoms with Gasteiger partial charge in [0.15, 0.2) is 5.82 Å². The normalized spacial score (nSPS) is 17.8. The first-order valence-electron chi connectivity index (χ1n) is 9.83. The molecule has 1 unspecified atom stereocenters. The van der Waals surface area contributed by atoms with Gasteiger partial charge in [0.2, 0.25) is 0 Å². The molecule has 0 aliphatic carbocycles. The summed E-state index contributed by atoms with van der Waals surface area (Å²) in [6, 6.07) is 9.43. The van der Waals surface area contributed by atoms with E-state index in [0.29, 0.717) is 22.6 Å². The first-order valence-corrected chi connectivity index (χ1v) is 9.83. The van der Waals surface area contributed by atoms with Crippen LogP contribution in [0.1, 0.15) is 44.7 Å². The van der Waals surface area contributed by atoms with Crippen molar-refractivity contribution in [3.05, 3.63) is 75.8 Å². The summed E-state index contributed by atoms with van der Waals surface area (Å²) in [4.78, 5) is 42.4. The van der Waals surface area contributed by atoms with Gasteiger partial charge in [-0.2, -0.15) is 0 Å². The number of nitrogens with zero attached hydrogens (tertiary/aromatic N) is 2. The van der Waals surface area contributed by atoms with Gasteiger partial charge in [-0.05, 0) is 31.9 Å². The Hall–Kier alpha value is -4.14. The zero-order valence-electron chi connectivity index (χ0n) is 17.9. The van der Waals surface area contributed by atoms with Crippen LogP contribution in [0.3, 0.4) is 0 Å². The molecule has 0 radical (unpaired) electrons. The van der Waals surface area contributed by atoms with Crippen molar-refractivity contribution >= 4 is 29.2 Å². The Morgan fingerprint density at radius 1 is 1.19 bits per heavy atom. The number of aryl methyl sites for hydroxylation is 2. The van der Waals surface area contributed by atoms with E-state index in [1.54, 1.807) is 57.2 Å². The van der Waals surface area contributed by atoms with Gasteiger partial charge in [0, 0.05) is 11.8 Å². The number of aliphatic hydroxyl groups is 1. The number of H-pyrrole nitrogens is 1. The monoisotopic (exact) mass is 435 g/mol. The van der Waals surface area contributed by atoms with E-state index in [-0.39, 0.29) is 22.6 Å². The Bertz CT molecular complexity index is 1270. The van der Waals surface area contributed by atoms with E-state index >= 15 is 0 Å². The number of esters is 1. The van der Waals surface area contributed by atoms with Gasteiger partial charge in [0.05, 0.1) is 30.0 Å². The predicted octanol–water partition coefficient (Wildman–Crippen LogP) is 3.34. The molecule has 0 bridgehead atoms. The van der Waals surface area contributed by atoms with Crippen molar-refractivity contribution in [1.29, 1.82) is 0 Å². The summed E-state index contributed by atoms with van der Waals surface area (Å²) in [6.07, 6.45) is 0. The number of methoxy groups -OCH3 is 1. The molecular formula is C23H21N3O6. The topological polar surface area (TPSA) is 126 Å². The fraction of sp³-hybridized carbons (Fsp3) is 0.217. The number of ketones is 1. The van der Waals surface area contributed by atoms with E-state index in [0.717, 1.165) is 0 Å². The molecule has 1 aromatic carbocycles. The van der Waals surface area contributed by atoms with Gasteiger partial charge in [-0.1, -0.05) is 35.5 Å². The Morgan fingerprint density at radius 3 is 2.47 bits per heavy atom. The summed E-state index contributed by atoms with van der Waals surface area (Å²) in [6.45, 7) is 4.95. The molecule has 9 nitrogen and oxygen atoms in total. The molecule has 2 N–H and O–H groups in total. The third-order valence-electron chi connectivity index (χ3n) is 5.49. The second-order valence-corrected chi connectivity index (χ2v) is 7.49. The summed E-state index contributed by atoms with van der Waals surface area (Å²) >= 11 is 0. The highest BCUT2D eigenvalue weighted by atomic mass is 16.5. The second-order valence-electron chi connectivity index (χ2n) is 7.49. The van der Waals surface area contributed by atoms with E-state index in [2.05, 4.69) is 10.1 Å². The molecule has 164 valence electrons. The number of amides is 1. The standard InChI is InChI=1S/C23H21N3O6/c1-11-10-15(25-32-11)26-19(14-8-6-5-7-9-14)17(21(28)22(26)29)20(27)18-12(2)16(13(3)24-18)23(30)31-4/h5-10,19,24,27H,1-4H3/b20-17+. The largest absolute Gasteiger partial charge is 0.505 e. The van der Waals surface area contributed by atoms with Crippen LogP contribution in [0.2, 0.25) is 0 Å². The van der Waals surface area contributed by atoms with Crippen molar-refractivity contribution in [2.24, 2.45) is 0 Å². The molecule has 32 heavy (non-hydrogen) atoms. The highest BCUT2D eigenvalue weighted by molar-refractivity contribution is 6.51. The maximum Gasteiger partial charge on any atom is 0.339 e. The minimum atomic E-state index is -0.940. The van der Waals surface area contributed by atoms with E-state index in [9.17, 15) is 19.5 Å². The van der Waals surface area contributed by atoms with Gasteiger partial charge in [0.1, 0.15) is 11.5 Å². The highest BCUT2D eigenvalue weighted by Crippen LogP contribution is 2.42. The van der Waals surface area contributed by atoms with Crippen LogP contribution in [0.5, 0.6) is 0 Å². The Labute approximate surface area is 183 Å². The van der Waals surface area contributed by atoms with Crippen molar-refractivity contribution < 1.29 is 28.8 Å². The summed E-state index contributed by atoms with van der Waals surface area (Å²) in [5.74, 6) is -2.09. The number of carbonyl (C=O) groups excluding carboxylic acids is 3. The molecule has 1 aliphatic rings. The minimum absolute atomic E-state index is 0.123. The van der Waals surface area contributed by atoms with Crippen LogP contribution < -0.4 is 4.90 Å². The van der Waals surface area contributed by atoms with Crippen molar-refractivity contribution in [3.63, 3.8) is 0 Å². The third kappa shape index (κ3) is 3.18. The van der Waals surface area contributed by atoms with Crippen LogP contribution in [0.4, 0.5) is 5.82 Å². The first kappa shape index (κ1) is 21.1. The number of nitrogens with one attached hydrogen (secondary N) is 1. The fourth-order valence-corrected chi connectivity index (χ4v) is 4.02. The maximum atomic E-state index is 13.1. The zero-order valence-corrected chi connectivity index (χ0v) is 17.9. The van der Waals surface area contributed by atoms with Gasteiger partial charge in [-0.3, -0.25) is 14.5 Å². The summed E-state index contributed by atoms with van der Waals surface area (Å²) < 4.78 is 9.93. The lowest BCUT2D eigenvalue weighted by atomic mass is 9.95. The Morgan fingerprint density at radius 2 is 1.88 bits per heavy atom. The molecule has 1 atom stereocenters. The number of hydrogen-bond acceptors (Lipinski definition) is 7. The molecule has 2 aromatic heterocycles. The lowest BCUT2D eigenvalue weighted by Crippen LogP contribution is -2.29. The van der Waals surface area contributed by atoms with Crippen molar-refractivity contribution in [2.45, 2.75) is 26.8 Å². The minimum Gasteiger partial charge on any atom is -0.505 e. The summed E-state index contributed by atoms with van der Waals surface area (Å²) in [5.41, 5.74) is 1.77. The second kappa shape index (κ2) is 7.84. The van der Waals surface area contributed by atoms with Crippen LogP contribution in [-0.2, 0) is 14.3 Å². The third-order valence-corrected chi connectivity index (χ3v) is 5.49. The van der Waals surface area contributed by atoms with Crippen LogP contribution in [0, 0.1) is 20.8 Å². The van der Waals surface area contributed by atoms with E-state index in [1.807, 2.05) is 0 Å². The SMILES string of the molecule is COC(=O)c1c(C)[nH]c(/C(O)=C2\C(=O)C(=O)N(c3cc(C)on3)C2c2ccccc2)c1C. The number of ether oxygens (including phenoxy) is 1. The molecule has 4 rings (SSSR count). The van der Waals surface area contributed by atoms with Gasteiger partial charge in [0.25, 0.3) is 5.78 Å².